The number of fused-ring (bicyclic) bond motifs is 1. The number of amides is 1. The average molecular weight is 502 g/mol. The number of hydrogen-bond acceptors (Lipinski definition) is 6. The van der Waals surface area contributed by atoms with E-state index in [0.717, 1.165) is 5.56 Å². The van der Waals surface area contributed by atoms with Gasteiger partial charge in [0.1, 0.15) is 17.1 Å². The zero-order chi connectivity index (χ0) is 23.2. The van der Waals surface area contributed by atoms with Crippen molar-refractivity contribution >= 4 is 21.8 Å². The first-order valence-electron chi connectivity index (χ1n) is 10.2. The summed E-state index contributed by atoms with van der Waals surface area (Å²) < 4.78 is 5.74. The minimum Gasteiger partial charge on any atom is -0.507 e. The van der Waals surface area contributed by atoms with Crippen molar-refractivity contribution in [3.63, 3.8) is 0 Å². The van der Waals surface area contributed by atoms with E-state index < -0.39 is 6.04 Å². The van der Waals surface area contributed by atoms with Gasteiger partial charge in [-0.15, -0.1) is 0 Å². The van der Waals surface area contributed by atoms with Crippen molar-refractivity contribution in [1.82, 2.24) is 15.1 Å². The molecule has 0 radical (unpaired) electrons. The second-order valence-corrected chi connectivity index (χ2v) is 8.73. The summed E-state index contributed by atoms with van der Waals surface area (Å²) in [6, 6.07) is 6.57. The van der Waals surface area contributed by atoms with Crippen LogP contribution in [0.1, 0.15) is 45.2 Å². The fourth-order valence-corrected chi connectivity index (χ4v) is 4.73. The number of aromatic nitrogens is 2. The highest BCUT2D eigenvalue weighted by atomic mass is 79.9. The molecule has 1 atom stereocenters. The number of nitrogens with one attached hydrogen (secondary N) is 1. The number of aromatic hydroxyl groups is 2. The maximum Gasteiger partial charge on any atom is 0.273 e. The topological polar surface area (TPSA) is 119 Å². The van der Waals surface area contributed by atoms with Gasteiger partial charge in [-0.05, 0) is 71.1 Å². The Bertz CT molecular complexity index is 1210. The Morgan fingerprint density at radius 3 is 2.62 bits per heavy atom. The van der Waals surface area contributed by atoms with Crippen LogP contribution < -0.4 is 4.74 Å². The maximum absolute atomic E-state index is 13.3. The van der Waals surface area contributed by atoms with Crippen molar-refractivity contribution in [3.8, 4) is 28.5 Å². The molecule has 0 unspecified atom stereocenters. The van der Waals surface area contributed by atoms with Crippen molar-refractivity contribution in [3.05, 3.63) is 56.7 Å². The summed E-state index contributed by atoms with van der Waals surface area (Å²) in [6.45, 7) is 4.01. The predicted molar refractivity (Wildman–Crippen MR) is 122 cm³/mol. The van der Waals surface area contributed by atoms with E-state index in [-0.39, 0.29) is 29.8 Å². The van der Waals surface area contributed by atoms with Crippen LogP contribution in [0.25, 0.3) is 11.3 Å². The molecule has 1 aromatic heterocycles. The summed E-state index contributed by atoms with van der Waals surface area (Å²) in [5.41, 5.74) is 4.35. The van der Waals surface area contributed by atoms with Crippen LogP contribution in [0.3, 0.4) is 0 Å². The Kier molecular flexibility index (Phi) is 5.87. The number of aliphatic hydroxyl groups excluding tert-OH is 1. The second-order valence-electron chi connectivity index (χ2n) is 7.87. The molecule has 1 aliphatic rings. The highest BCUT2D eigenvalue weighted by Crippen LogP contribution is 2.47. The van der Waals surface area contributed by atoms with Gasteiger partial charge in [-0.2, -0.15) is 5.10 Å². The predicted octanol–water partition coefficient (Wildman–Crippen LogP) is 3.80. The summed E-state index contributed by atoms with van der Waals surface area (Å²) in [7, 11) is 1.46. The first-order valence-corrected chi connectivity index (χ1v) is 10.9. The van der Waals surface area contributed by atoms with E-state index in [0.29, 0.717) is 51.1 Å². The molecule has 0 bridgehead atoms. The smallest absolute Gasteiger partial charge is 0.273 e. The van der Waals surface area contributed by atoms with Crippen LogP contribution in [0.15, 0.2) is 28.7 Å². The van der Waals surface area contributed by atoms with E-state index in [1.54, 1.807) is 17.0 Å². The lowest BCUT2D eigenvalue weighted by Crippen LogP contribution is -2.31. The van der Waals surface area contributed by atoms with Crippen LogP contribution in [0.2, 0.25) is 0 Å². The van der Waals surface area contributed by atoms with Crippen molar-refractivity contribution in [2.45, 2.75) is 26.3 Å². The molecule has 2 aromatic carbocycles. The summed E-state index contributed by atoms with van der Waals surface area (Å²) >= 11 is 3.36. The number of rotatable bonds is 6. The van der Waals surface area contributed by atoms with E-state index in [1.807, 2.05) is 26.0 Å². The van der Waals surface area contributed by atoms with Crippen LogP contribution in [-0.4, -0.2) is 56.6 Å². The molecule has 8 nitrogen and oxygen atoms in total. The lowest BCUT2D eigenvalue weighted by atomic mass is 9.94. The number of benzene rings is 2. The minimum absolute atomic E-state index is 0.0397. The number of aryl methyl sites for hydroxylation is 2. The van der Waals surface area contributed by atoms with Gasteiger partial charge in [0.2, 0.25) is 0 Å². The molecule has 0 spiro atoms. The normalized spacial score (nSPS) is 15.3. The van der Waals surface area contributed by atoms with Crippen LogP contribution in [0.4, 0.5) is 0 Å². The van der Waals surface area contributed by atoms with Crippen LogP contribution in [0.5, 0.6) is 17.2 Å². The molecule has 0 aliphatic carbocycles. The van der Waals surface area contributed by atoms with Gasteiger partial charge in [-0.3, -0.25) is 9.89 Å². The quantitative estimate of drug-likeness (QED) is 0.407. The summed E-state index contributed by atoms with van der Waals surface area (Å²) in [5, 5.41) is 37.7. The molecule has 0 fully saturated rings. The van der Waals surface area contributed by atoms with Gasteiger partial charge >= 0.3 is 0 Å². The fraction of sp³-hybridized carbons (Fsp3) is 0.304. The number of ether oxygens (including phenoxy) is 1. The van der Waals surface area contributed by atoms with E-state index >= 15 is 0 Å². The van der Waals surface area contributed by atoms with Crippen molar-refractivity contribution in [2.75, 3.05) is 20.3 Å². The number of carbonyl (C=O) groups excluding carboxylic acids is 1. The summed E-state index contributed by atoms with van der Waals surface area (Å²) in [4.78, 5) is 14.9. The third-order valence-corrected chi connectivity index (χ3v) is 6.31. The lowest BCUT2D eigenvalue weighted by Gasteiger charge is -2.27. The molecular weight excluding hydrogens is 478 g/mol. The third kappa shape index (κ3) is 3.51. The van der Waals surface area contributed by atoms with Crippen molar-refractivity contribution in [2.24, 2.45) is 0 Å². The number of carbonyl (C=O) groups is 1. The Morgan fingerprint density at radius 1 is 1.19 bits per heavy atom. The van der Waals surface area contributed by atoms with E-state index in [9.17, 15) is 20.1 Å². The maximum atomic E-state index is 13.3. The molecule has 4 N–H and O–H groups in total. The largest absolute Gasteiger partial charge is 0.507 e. The second kappa shape index (κ2) is 8.48. The SMILES string of the molecule is COc1cc([C@@H]2c3c(-c4cc(C)cc(C)c4O)n[nH]c3C(=O)N2CCCO)cc(Br)c1O. The number of aromatic amines is 1. The molecule has 3 aromatic rings. The summed E-state index contributed by atoms with van der Waals surface area (Å²) in [5.74, 6) is 0.0809. The Hall–Kier alpha value is -3.04. The minimum atomic E-state index is -0.552. The highest BCUT2D eigenvalue weighted by Gasteiger charge is 2.42. The summed E-state index contributed by atoms with van der Waals surface area (Å²) in [6.07, 6.45) is 0.403. The number of aliphatic hydroxyl groups is 1. The van der Waals surface area contributed by atoms with Crippen molar-refractivity contribution in [1.29, 1.82) is 0 Å². The van der Waals surface area contributed by atoms with Gasteiger partial charge in [0, 0.05) is 24.3 Å². The number of hydrogen-bond donors (Lipinski definition) is 4. The van der Waals surface area contributed by atoms with Gasteiger partial charge in [0.15, 0.2) is 11.5 Å². The number of halogens is 1. The molecular formula is C23H24BrN3O5. The number of nitrogens with zero attached hydrogens (tertiary/aromatic N) is 2. The zero-order valence-corrected chi connectivity index (χ0v) is 19.5. The van der Waals surface area contributed by atoms with Gasteiger partial charge in [0.05, 0.1) is 17.6 Å². The number of H-pyrrole nitrogens is 1. The Labute approximate surface area is 193 Å². The molecule has 1 aliphatic heterocycles. The number of phenols is 2. The highest BCUT2D eigenvalue weighted by molar-refractivity contribution is 9.10. The van der Waals surface area contributed by atoms with Gasteiger partial charge in [0.25, 0.3) is 5.91 Å². The van der Waals surface area contributed by atoms with Crippen molar-refractivity contribution < 1.29 is 24.9 Å². The first kappa shape index (κ1) is 22.2. The van der Waals surface area contributed by atoms with E-state index in [4.69, 9.17) is 4.74 Å². The van der Waals surface area contributed by atoms with Gasteiger partial charge in [-0.25, -0.2) is 0 Å². The van der Waals surface area contributed by atoms with Crippen LogP contribution >= 0.6 is 15.9 Å². The first-order chi connectivity index (χ1) is 15.3. The van der Waals surface area contributed by atoms with E-state index in [1.165, 1.54) is 7.11 Å². The fourth-order valence-electron chi connectivity index (χ4n) is 4.27. The number of methoxy groups -OCH3 is 1. The average Bonchev–Trinajstić information content (AvgIpc) is 3.30. The number of phenolic OH excluding ortho intramolecular Hbond substituents is 2. The zero-order valence-electron chi connectivity index (χ0n) is 17.9. The molecule has 0 saturated carbocycles. The molecule has 32 heavy (non-hydrogen) atoms. The Balaban J connectivity index is 1.96. The standard InChI is InChI=1S/C23H24BrN3O5/c1-11-7-12(2)21(29)14(8-11)18-17-19(26-25-18)23(31)27(5-4-6-28)20(17)13-9-15(24)22(30)16(10-13)32-3/h7-10,20,28-30H,4-6H2,1-3H3,(H,25,26)/t20-/m1/s1. The molecule has 9 heteroatoms. The molecule has 1 amide bonds. The Morgan fingerprint density at radius 2 is 1.94 bits per heavy atom. The monoisotopic (exact) mass is 501 g/mol. The van der Waals surface area contributed by atoms with Gasteiger partial charge < -0.3 is 25.0 Å². The molecule has 4 rings (SSSR count). The van der Waals surface area contributed by atoms with Gasteiger partial charge in [-0.1, -0.05) is 6.07 Å². The molecule has 0 saturated heterocycles. The van der Waals surface area contributed by atoms with Crippen LogP contribution in [-0.2, 0) is 0 Å². The van der Waals surface area contributed by atoms with E-state index in [2.05, 4.69) is 26.1 Å². The molecule has 2 heterocycles. The molecule has 168 valence electrons. The van der Waals surface area contributed by atoms with Crippen LogP contribution in [0, 0.1) is 13.8 Å². The third-order valence-electron chi connectivity index (χ3n) is 5.71. The lowest BCUT2D eigenvalue weighted by molar-refractivity contribution is 0.0732.